The second kappa shape index (κ2) is 63.4. The highest BCUT2D eigenvalue weighted by Gasteiger charge is 2.19. The first-order valence-corrected chi connectivity index (χ1v) is 32.4. The normalized spacial score (nSPS) is 12.5. The smallest absolute Gasteiger partial charge is 0.306 e. The van der Waals surface area contributed by atoms with Crippen LogP contribution in [-0.2, 0) is 28.6 Å². The molecule has 0 aromatic rings. The second-order valence-corrected chi connectivity index (χ2v) is 21.7. The Morgan fingerprint density at radius 2 is 0.507 bits per heavy atom. The van der Waals surface area contributed by atoms with Crippen molar-refractivity contribution in [3.05, 3.63) is 72.9 Å². The van der Waals surface area contributed by atoms with Crippen LogP contribution in [0.4, 0.5) is 0 Å². The third kappa shape index (κ3) is 61.6. The lowest BCUT2D eigenvalue weighted by Gasteiger charge is -2.18. The summed E-state index contributed by atoms with van der Waals surface area (Å²) in [5.74, 6) is -0.899. The van der Waals surface area contributed by atoms with Gasteiger partial charge in [0, 0.05) is 19.3 Å². The first kappa shape index (κ1) is 71.8. The molecule has 6 heteroatoms. The fourth-order valence-electron chi connectivity index (χ4n) is 9.25. The van der Waals surface area contributed by atoms with Gasteiger partial charge in [-0.1, -0.05) is 273 Å². The summed E-state index contributed by atoms with van der Waals surface area (Å²) in [5.41, 5.74) is 0. The number of unbranched alkanes of at least 4 members (excludes halogenated alkanes) is 36. The van der Waals surface area contributed by atoms with Crippen LogP contribution in [0.2, 0.25) is 0 Å². The number of carbonyl (C=O) groups is 3. The van der Waals surface area contributed by atoms with Gasteiger partial charge >= 0.3 is 17.9 Å². The molecule has 0 amide bonds. The zero-order chi connectivity index (χ0) is 54.3. The molecule has 0 heterocycles. The minimum absolute atomic E-state index is 0.0846. The standard InChI is InChI=1S/C69H122O6/c1-4-7-10-13-16-19-22-25-27-29-31-33-34-36-37-39-41-44-47-50-53-56-59-62-68(71)74-65-66(64-73-67(70)61-58-55-52-49-46-43-24-21-18-15-12-9-6-3)75-69(72)63-60-57-54-51-48-45-42-40-38-35-32-30-28-26-23-20-17-14-11-8-5-2/h12,15,21,23-24,26,29-32,38,40,66H,4-11,13-14,16-20,22,25,27-28,33-37,39,41-65H2,1-3H3/b15-12-,24-21-,26-23-,31-29-,32-30-,40-38-. The fourth-order valence-corrected chi connectivity index (χ4v) is 9.25. The molecule has 0 radical (unpaired) electrons. The molecule has 0 rings (SSSR count). The third-order valence-electron chi connectivity index (χ3n) is 14.1. The van der Waals surface area contributed by atoms with Crippen molar-refractivity contribution < 1.29 is 28.6 Å². The summed E-state index contributed by atoms with van der Waals surface area (Å²) < 4.78 is 16.9. The number of rotatable bonds is 59. The molecule has 1 unspecified atom stereocenters. The van der Waals surface area contributed by atoms with E-state index < -0.39 is 6.10 Å². The summed E-state index contributed by atoms with van der Waals surface area (Å²) in [6.07, 6.45) is 81.9. The van der Waals surface area contributed by atoms with Crippen LogP contribution in [0.15, 0.2) is 72.9 Å². The molecule has 0 aliphatic rings. The predicted octanol–water partition coefficient (Wildman–Crippen LogP) is 22.1. The molecule has 0 bridgehead atoms. The molecule has 0 saturated carbocycles. The molecule has 1 atom stereocenters. The molecule has 0 fully saturated rings. The van der Waals surface area contributed by atoms with Gasteiger partial charge in [-0.05, 0) is 109 Å². The number of carbonyl (C=O) groups excluding carboxylic acids is 3. The highest BCUT2D eigenvalue weighted by Crippen LogP contribution is 2.16. The summed E-state index contributed by atoms with van der Waals surface area (Å²) in [6, 6.07) is 0. The maximum Gasteiger partial charge on any atom is 0.306 e. The summed E-state index contributed by atoms with van der Waals surface area (Å²) in [4.78, 5) is 38.3. The van der Waals surface area contributed by atoms with Gasteiger partial charge in [0.15, 0.2) is 6.10 Å². The third-order valence-corrected chi connectivity index (χ3v) is 14.1. The molecule has 0 aliphatic heterocycles. The van der Waals surface area contributed by atoms with E-state index in [0.29, 0.717) is 19.3 Å². The number of hydrogen-bond acceptors (Lipinski definition) is 6. The van der Waals surface area contributed by atoms with Gasteiger partial charge in [-0.3, -0.25) is 14.4 Å². The van der Waals surface area contributed by atoms with Crippen LogP contribution in [0, 0.1) is 0 Å². The van der Waals surface area contributed by atoms with Crippen molar-refractivity contribution in [3.63, 3.8) is 0 Å². The van der Waals surface area contributed by atoms with E-state index in [1.807, 2.05) is 0 Å². The van der Waals surface area contributed by atoms with E-state index in [1.54, 1.807) is 0 Å². The first-order chi connectivity index (χ1) is 37.0. The van der Waals surface area contributed by atoms with E-state index in [4.69, 9.17) is 14.2 Å². The van der Waals surface area contributed by atoms with Crippen LogP contribution < -0.4 is 0 Å². The van der Waals surface area contributed by atoms with Crippen LogP contribution in [-0.4, -0.2) is 37.2 Å². The van der Waals surface area contributed by atoms with Gasteiger partial charge in [-0.15, -0.1) is 0 Å². The van der Waals surface area contributed by atoms with E-state index in [2.05, 4.69) is 93.7 Å². The molecule has 0 aliphatic carbocycles. The Morgan fingerprint density at radius 1 is 0.267 bits per heavy atom. The number of hydrogen-bond donors (Lipinski definition) is 0. The summed E-state index contributed by atoms with van der Waals surface area (Å²) in [7, 11) is 0. The maximum atomic E-state index is 12.9. The lowest BCUT2D eigenvalue weighted by molar-refractivity contribution is -0.167. The van der Waals surface area contributed by atoms with Crippen LogP contribution in [0.5, 0.6) is 0 Å². The molecule has 0 saturated heterocycles. The molecule has 0 N–H and O–H groups in total. The van der Waals surface area contributed by atoms with E-state index >= 15 is 0 Å². The largest absolute Gasteiger partial charge is 0.462 e. The Kier molecular flexibility index (Phi) is 60.7. The van der Waals surface area contributed by atoms with Gasteiger partial charge in [0.05, 0.1) is 0 Å². The van der Waals surface area contributed by atoms with Crippen LogP contribution in [0.3, 0.4) is 0 Å². The highest BCUT2D eigenvalue weighted by atomic mass is 16.6. The van der Waals surface area contributed by atoms with E-state index in [-0.39, 0.29) is 31.1 Å². The lowest BCUT2D eigenvalue weighted by Crippen LogP contribution is -2.30. The number of allylic oxidation sites excluding steroid dienone is 12. The number of esters is 3. The van der Waals surface area contributed by atoms with Crippen LogP contribution in [0.25, 0.3) is 0 Å². The Bertz CT molecular complexity index is 1390. The van der Waals surface area contributed by atoms with E-state index in [1.165, 1.54) is 173 Å². The van der Waals surface area contributed by atoms with Crippen LogP contribution >= 0.6 is 0 Å². The van der Waals surface area contributed by atoms with Crippen molar-refractivity contribution in [2.45, 2.75) is 335 Å². The van der Waals surface area contributed by atoms with Gasteiger partial charge < -0.3 is 14.2 Å². The quantitative estimate of drug-likeness (QED) is 0.0261. The maximum absolute atomic E-state index is 12.9. The van der Waals surface area contributed by atoms with Gasteiger partial charge in [0.2, 0.25) is 0 Å². The molecule has 434 valence electrons. The Balaban J connectivity index is 4.34. The lowest BCUT2D eigenvalue weighted by atomic mass is 10.0. The Labute approximate surface area is 465 Å². The molecule has 0 aromatic carbocycles. The van der Waals surface area contributed by atoms with Gasteiger partial charge in [0.1, 0.15) is 13.2 Å². The minimum Gasteiger partial charge on any atom is -0.462 e. The van der Waals surface area contributed by atoms with Gasteiger partial charge in [0.25, 0.3) is 0 Å². The van der Waals surface area contributed by atoms with E-state index in [0.717, 1.165) is 116 Å². The molecule has 0 aromatic heterocycles. The van der Waals surface area contributed by atoms with E-state index in [9.17, 15) is 14.4 Å². The minimum atomic E-state index is -0.790. The topological polar surface area (TPSA) is 78.9 Å². The molecular formula is C69H122O6. The highest BCUT2D eigenvalue weighted by molar-refractivity contribution is 5.71. The van der Waals surface area contributed by atoms with Crippen molar-refractivity contribution >= 4 is 17.9 Å². The summed E-state index contributed by atoms with van der Waals surface area (Å²) in [6.45, 7) is 6.58. The summed E-state index contributed by atoms with van der Waals surface area (Å²) >= 11 is 0. The Hall–Kier alpha value is -3.15. The molecule has 75 heavy (non-hydrogen) atoms. The average molecular weight is 1050 g/mol. The van der Waals surface area contributed by atoms with Crippen molar-refractivity contribution in [3.8, 4) is 0 Å². The first-order valence-electron chi connectivity index (χ1n) is 32.4. The van der Waals surface area contributed by atoms with Gasteiger partial charge in [-0.25, -0.2) is 0 Å². The Morgan fingerprint density at radius 3 is 0.813 bits per heavy atom. The monoisotopic (exact) mass is 1050 g/mol. The van der Waals surface area contributed by atoms with Crippen molar-refractivity contribution in [2.24, 2.45) is 0 Å². The van der Waals surface area contributed by atoms with Crippen LogP contribution in [0.1, 0.15) is 329 Å². The average Bonchev–Trinajstić information content (AvgIpc) is 3.41. The predicted molar refractivity (Wildman–Crippen MR) is 325 cm³/mol. The molecular weight excluding hydrogens is 925 g/mol. The molecule has 0 spiro atoms. The zero-order valence-corrected chi connectivity index (χ0v) is 49.8. The summed E-state index contributed by atoms with van der Waals surface area (Å²) in [5, 5.41) is 0. The SMILES string of the molecule is CCC/C=C\C/C=C\CCCCCCCC(=O)OCC(COC(=O)CCCCCCCCCCCCC/C=C\CCCCCCCCCC)OC(=O)CCCCCCCC/C=C\C/C=C\C/C=C\CCCCCCC. The van der Waals surface area contributed by atoms with Crippen molar-refractivity contribution in [1.82, 2.24) is 0 Å². The van der Waals surface area contributed by atoms with Crippen molar-refractivity contribution in [2.75, 3.05) is 13.2 Å². The molecule has 6 nitrogen and oxygen atoms in total. The number of ether oxygens (including phenoxy) is 3. The fraction of sp³-hybridized carbons (Fsp3) is 0.783. The zero-order valence-electron chi connectivity index (χ0n) is 49.8. The second-order valence-electron chi connectivity index (χ2n) is 21.7. The van der Waals surface area contributed by atoms with Gasteiger partial charge in [-0.2, -0.15) is 0 Å². The van der Waals surface area contributed by atoms with Crippen molar-refractivity contribution in [1.29, 1.82) is 0 Å².